The van der Waals surface area contributed by atoms with E-state index in [1.807, 2.05) is 24.3 Å². The third kappa shape index (κ3) is 3.66. The lowest BCUT2D eigenvalue weighted by Gasteiger charge is -2.23. The van der Waals surface area contributed by atoms with Crippen LogP contribution in [0.2, 0.25) is 5.02 Å². The molecule has 124 valence electrons. The molecule has 0 spiro atoms. The van der Waals surface area contributed by atoms with Crippen LogP contribution in [0.15, 0.2) is 48.5 Å². The number of benzene rings is 2. The van der Waals surface area contributed by atoms with E-state index in [0.29, 0.717) is 10.7 Å². The van der Waals surface area contributed by atoms with E-state index in [4.69, 9.17) is 29.6 Å². The van der Waals surface area contributed by atoms with Crippen LogP contribution >= 0.6 is 23.8 Å². The van der Waals surface area contributed by atoms with Crippen LogP contribution in [0, 0.1) is 11.7 Å². The average molecular weight is 364 g/mol. The molecule has 1 amide bonds. The van der Waals surface area contributed by atoms with E-state index in [1.54, 1.807) is 0 Å². The smallest absolute Gasteiger partial charge is 0.242 e. The van der Waals surface area contributed by atoms with Crippen LogP contribution in [0.1, 0.15) is 17.9 Å². The lowest BCUT2D eigenvalue weighted by molar-refractivity contribution is -0.122. The van der Waals surface area contributed by atoms with Gasteiger partial charge in [0.15, 0.2) is 5.11 Å². The predicted octanol–water partition coefficient (Wildman–Crippen LogP) is 3.36. The molecule has 0 bridgehead atoms. The third-order valence-electron chi connectivity index (χ3n) is 3.95. The van der Waals surface area contributed by atoms with Gasteiger partial charge < -0.3 is 5.73 Å². The molecule has 2 unspecified atom stereocenters. The number of hydrazine groups is 1. The molecule has 3 N–H and O–H groups in total. The molecule has 2 atom stereocenters. The number of rotatable bonds is 3. The number of nitrogens with one attached hydrogen (secondary N) is 1. The Morgan fingerprint density at radius 2 is 1.83 bits per heavy atom. The van der Waals surface area contributed by atoms with Crippen LogP contribution in [0.5, 0.6) is 0 Å². The second-order valence-electron chi connectivity index (χ2n) is 5.63. The van der Waals surface area contributed by atoms with E-state index in [9.17, 15) is 9.18 Å². The van der Waals surface area contributed by atoms with E-state index < -0.39 is 0 Å². The van der Waals surface area contributed by atoms with Crippen molar-refractivity contribution in [3.63, 3.8) is 0 Å². The van der Waals surface area contributed by atoms with Crippen molar-refractivity contribution in [1.82, 2.24) is 5.43 Å². The Balaban J connectivity index is 1.68. The van der Waals surface area contributed by atoms with Gasteiger partial charge in [-0.25, -0.2) is 9.40 Å². The third-order valence-corrected chi connectivity index (χ3v) is 4.39. The first-order chi connectivity index (χ1) is 11.5. The molecular weight excluding hydrogens is 349 g/mol. The summed E-state index contributed by atoms with van der Waals surface area (Å²) in [4.78, 5) is 12.4. The number of nitrogens with zero attached hydrogens (tertiary/aromatic N) is 1. The molecule has 1 aliphatic rings. The molecular formula is C17H15ClFN3OS. The number of nitrogens with two attached hydrogens (primary N) is 1. The van der Waals surface area contributed by atoms with Crippen LogP contribution in [-0.2, 0) is 4.79 Å². The predicted molar refractivity (Wildman–Crippen MR) is 96.1 cm³/mol. The summed E-state index contributed by atoms with van der Waals surface area (Å²) in [6.07, 6.45) is 0.752. The van der Waals surface area contributed by atoms with Crippen LogP contribution in [-0.4, -0.2) is 11.0 Å². The van der Waals surface area contributed by atoms with Gasteiger partial charge in [0.25, 0.3) is 0 Å². The maximum atomic E-state index is 13.0. The number of hydrogen-bond acceptors (Lipinski definition) is 2. The molecule has 2 aromatic carbocycles. The van der Waals surface area contributed by atoms with Crippen molar-refractivity contribution in [2.45, 2.75) is 12.3 Å². The summed E-state index contributed by atoms with van der Waals surface area (Å²) >= 11 is 10.9. The molecule has 0 saturated heterocycles. The summed E-state index contributed by atoms with van der Waals surface area (Å²) in [6.45, 7) is 0. The zero-order valence-corrected chi connectivity index (χ0v) is 14.2. The summed E-state index contributed by atoms with van der Waals surface area (Å²) < 4.78 is 13.0. The number of hydrogen-bond donors (Lipinski definition) is 2. The van der Waals surface area contributed by atoms with Gasteiger partial charge in [-0.3, -0.25) is 10.2 Å². The topological polar surface area (TPSA) is 58.4 Å². The Morgan fingerprint density at radius 3 is 2.42 bits per heavy atom. The lowest BCUT2D eigenvalue weighted by Crippen LogP contribution is -2.49. The second-order valence-corrected chi connectivity index (χ2v) is 6.48. The summed E-state index contributed by atoms with van der Waals surface area (Å²) in [5, 5.41) is 1.93. The Morgan fingerprint density at radius 1 is 1.21 bits per heavy atom. The highest BCUT2D eigenvalue weighted by atomic mass is 35.5. The molecule has 4 nitrogen and oxygen atoms in total. The summed E-state index contributed by atoms with van der Waals surface area (Å²) in [5.41, 5.74) is 9.95. The highest BCUT2D eigenvalue weighted by molar-refractivity contribution is 7.80. The van der Waals surface area contributed by atoms with E-state index in [1.165, 1.54) is 29.3 Å². The Hall–Kier alpha value is -2.18. The molecule has 2 aromatic rings. The van der Waals surface area contributed by atoms with Crippen LogP contribution in [0.4, 0.5) is 10.1 Å². The maximum Gasteiger partial charge on any atom is 0.242 e. The van der Waals surface area contributed by atoms with Crippen molar-refractivity contribution < 1.29 is 9.18 Å². The fraction of sp³-hybridized carbons (Fsp3) is 0.176. The number of carbonyl (C=O) groups excluding carboxylic acids is 1. The van der Waals surface area contributed by atoms with E-state index >= 15 is 0 Å². The van der Waals surface area contributed by atoms with Gasteiger partial charge in [0.05, 0.1) is 5.69 Å². The van der Waals surface area contributed by atoms with Gasteiger partial charge in [0, 0.05) is 10.9 Å². The maximum absolute atomic E-state index is 13.0. The molecule has 0 aromatic heterocycles. The van der Waals surface area contributed by atoms with Gasteiger partial charge in [-0.2, -0.15) is 0 Å². The van der Waals surface area contributed by atoms with E-state index in [2.05, 4.69) is 5.43 Å². The van der Waals surface area contributed by atoms with E-state index in [-0.39, 0.29) is 28.7 Å². The Bertz CT molecular complexity index is 766. The molecule has 1 fully saturated rings. The Labute approximate surface area is 149 Å². The molecule has 0 aliphatic heterocycles. The quantitative estimate of drug-likeness (QED) is 0.648. The Kier molecular flexibility index (Phi) is 4.69. The molecule has 0 radical (unpaired) electrons. The van der Waals surface area contributed by atoms with Crippen molar-refractivity contribution in [2.24, 2.45) is 11.7 Å². The van der Waals surface area contributed by atoms with Crippen LogP contribution in [0.25, 0.3) is 0 Å². The highest BCUT2D eigenvalue weighted by Crippen LogP contribution is 2.47. The SMILES string of the molecule is NC(=S)N(NC(=O)C1CC1c1ccc(Cl)cc1)c1ccc(F)cc1. The van der Waals surface area contributed by atoms with Crippen LogP contribution < -0.4 is 16.2 Å². The van der Waals surface area contributed by atoms with Crippen LogP contribution in [0.3, 0.4) is 0 Å². The molecule has 1 saturated carbocycles. The summed E-state index contributed by atoms with van der Waals surface area (Å²) in [7, 11) is 0. The van der Waals surface area contributed by atoms with Crippen molar-refractivity contribution >= 4 is 40.5 Å². The minimum absolute atomic E-state index is 0.0151. The normalized spacial score (nSPS) is 18.8. The highest BCUT2D eigenvalue weighted by Gasteiger charge is 2.44. The molecule has 0 heterocycles. The van der Waals surface area contributed by atoms with E-state index in [0.717, 1.165) is 12.0 Å². The number of anilines is 1. The zero-order valence-electron chi connectivity index (χ0n) is 12.6. The van der Waals surface area contributed by atoms with Crippen molar-refractivity contribution in [3.05, 3.63) is 64.9 Å². The fourth-order valence-electron chi connectivity index (χ4n) is 2.59. The first-order valence-electron chi connectivity index (χ1n) is 7.37. The zero-order chi connectivity index (χ0) is 17.3. The molecule has 3 rings (SSSR count). The summed E-state index contributed by atoms with van der Waals surface area (Å²) in [6, 6.07) is 13.0. The minimum atomic E-state index is -0.377. The number of amides is 1. The standard InChI is InChI=1S/C17H15ClFN3OS/c18-11-3-1-10(2-4-11)14-9-15(14)16(23)21-22(17(20)24)13-7-5-12(19)6-8-13/h1-8,14-15H,9H2,(H2,20,24)(H,21,23). The van der Waals surface area contributed by atoms with Gasteiger partial charge in [-0.05, 0) is 66.5 Å². The first-order valence-corrected chi connectivity index (χ1v) is 8.15. The van der Waals surface area contributed by atoms with Gasteiger partial charge in [0.1, 0.15) is 5.82 Å². The monoisotopic (exact) mass is 363 g/mol. The van der Waals surface area contributed by atoms with Crippen molar-refractivity contribution in [2.75, 3.05) is 5.01 Å². The fourth-order valence-corrected chi connectivity index (χ4v) is 2.87. The van der Waals surface area contributed by atoms with Gasteiger partial charge >= 0.3 is 0 Å². The average Bonchev–Trinajstić information content (AvgIpc) is 3.34. The molecule has 1 aliphatic carbocycles. The molecule has 7 heteroatoms. The number of halogens is 2. The number of thiocarbonyl (C=S) groups is 1. The minimum Gasteiger partial charge on any atom is -0.374 e. The summed E-state index contributed by atoms with van der Waals surface area (Å²) in [5.74, 6) is -0.544. The van der Waals surface area contributed by atoms with Crippen molar-refractivity contribution in [1.29, 1.82) is 0 Å². The second kappa shape index (κ2) is 6.75. The number of carbonyl (C=O) groups is 1. The van der Waals surface area contributed by atoms with Crippen molar-refractivity contribution in [3.8, 4) is 0 Å². The largest absolute Gasteiger partial charge is 0.374 e. The van der Waals surface area contributed by atoms with Gasteiger partial charge in [0.2, 0.25) is 5.91 Å². The first kappa shape index (κ1) is 16.7. The van der Waals surface area contributed by atoms with Gasteiger partial charge in [-0.1, -0.05) is 23.7 Å². The van der Waals surface area contributed by atoms with Gasteiger partial charge in [-0.15, -0.1) is 0 Å². The molecule has 24 heavy (non-hydrogen) atoms. The lowest BCUT2D eigenvalue weighted by atomic mass is 10.1.